The second-order valence-electron chi connectivity index (χ2n) is 6.91. The number of hydrogen-bond donors (Lipinski definition) is 5. The van der Waals surface area contributed by atoms with Crippen LogP contribution in [0.4, 0.5) is 0 Å². The molecule has 0 saturated carbocycles. The van der Waals surface area contributed by atoms with Crippen LogP contribution < -0.4 is 0 Å². The first kappa shape index (κ1) is 18.8. The van der Waals surface area contributed by atoms with Crippen LogP contribution in [0.15, 0.2) is 12.2 Å². The maximum Gasteiger partial charge on any atom is 0.187 e. The molecule has 1 heterocycles. The Balaban J connectivity index is 2.21. The van der Waals surface area contributed by atoms with Crippen LogP contribution in [0.3, 0.4) is 0 Å². The summed E-state index contributed by atoms with van der Waals surface area (Å²) in [5.74, 6) is -0.0199. The van der Waals surface area contributed by atoms with Gasteiger partial charge in [0.25, 0.3) is 0 Å². The Labute approximate surface area is 136 Å². The average molecular weight is 332 g/mol. The van der Waals surface area contributed by atoms with Crippen molar-refractivity contribution in [1.29, 1.82) is 0 Å². The third kappa shape index (κ3) is 3.61. The van der Waals surface area contributed by atoms with Crippen molar-refractivity contribution in [1.82, 2.24) is 0 Å². The summed E-state index contributed by atoms with van der Waals surface area (Å²) in [5, 5.41) is 49.3. The van der Waals surface area contributed by atoms with E-state index in [9.17, 15) is 25.5 Å². The summed E-state index contributed by atoms with van der Waals surface area (Å²) in [6, 6.07) is 0. The van der Waals surface area contributed by atoms with E-state index in [1.807, 2.05) is 32.9 Å². The van der Waals surface area contributed by atoms with Gasteiger partial charge in [-0.1, -0.05) is 32.9 Å². The van der Waals surface area contributed by atoms with Crippen LogP contribution in [0.1, 0.15) is 27.2 Å². The van der Waals surface area contributed by atoms with Gasteiger partial charge in [0, 0.05) is 12.3 Å². The molecular weight excluding hydrogens is 304 g/mol. The largest absolute Gasteiger partial charge is 0.394 e. The first-order valence-electron chi connectivity index (χ1n) is 8.07. The van der Waals surface area contributed by atoms with E-state index < -0.39 is 49.0 Å². The smallest absolute Gasteiger partial charge is 0.187 e. The quantitative estimate of drug-likeness (QED) is 0.426. The fourth-order valence-electron chi connectivity index (χ4n) is 3.06. The predicted octanol–water partition coefficient (Wildman–Crippen LogP) is -0.845. The lowest BCUT2D eigenvalue weighted by atomic mass is 9.77. The van der Waals surface area contributed by atoms with Crippen molar-refractivity contribution in [2.45, 2.75) is 69.6 Å². The minimum Gasteiger partial charge on any atom is -0.394 e. The molecule has 2 aliphatic rings. The average Bonchev–Trinajstić information content (AvgIpc) is 2.51. The highest BCUT2D eigenvalue weighted by Gasteiger charge is 2.48. The van der Waals surface area contributed by atoms with Crippen molar-refractivity contribution in [3.63, 3.8) is 0 Å². The van der Waals surface area contributed by atoms with Crippen LogP contribution in [-0.2, 0) is 9.47 Å². The number of aliphatic hydroxyl groups excluding tert-OH is 5. The lowest BCUT2D eigenvalue weighted by Gasteiger charge is -2.47. The summed E-state index contributed by atoms with van der Waals surface area (Å²) in [4.78, 5) is 0. The molecule has 23 heavy (non-hydrogen) atoms. The van der Waals surface area contributed by atoms with E-state index in [0.717, 1.165) is 0 Å². The number of ether oxygens (including phenoxy) is 2. The molecule has 0 bridgehead atoms. The Kier molecular flexibility index (Phi) is 5.84. The van der Waals surface area contributed by atoms with Gasteiger partial charge in [-0.2, -0.15) is 0 Å². The Hall–Kier alpha value is -0.540. The van der Waals surface area contributed by atoms with Crippen molar-refractivity contribution in [3.8, 4) is 0 Å². The van der Waals surface area contributed by atoms with Crippen molar-refractivity contribution in [3.05, 3.63) is 12.2 Å². The molecule has 0 aromatic rings. The van der Waals surface area contributed by atoms with Gasteiger partial charge in [-0.15, -0.1) is 0 Å². The normalized spacial score (nSPS) is 48.0. The van der Waals surface area contributed by atoms with Crippen LogP contribution >= 0.6 is 0 Å². The van der Waals surface area contributed by atoms with Gasteiger partial charge >= 0.3 is 0 Å². The lowest BCUT2D eigenvalue weighted by molar-refractivity contribution is -0.328. The molecule has 5 N–H and O–H groups in total. The van der Waals surface area contributed by atoms with Crippen molar-refractivity contribution in [2.75, 3.05) is 6.61 Å². The first-order chi connectivity index (χ1) is 10.7. The second kappa shape index (κ2) is 7.14. The molecule has 0 spiro atoms. The molecule has 1 fully saturated rings. The molecule has 7 nitrogen and oxygen atoms in total. The van der Waals surface area contributed by atoms with Gasteiger partial charge in [-0.3, -0.25) is 0 Å². The van der Waals surface area contributed by atoms with Crippen LogP contribution in [0.5, 0.6) is 0 Å². The molecule has 0 aromatic heterocycles. The van der Waals surface area contributed by atoms with Crippen molar-refractivity contribution >= 4 is 0 Å². The van der Waals surface area contributed by atoms with E-state index in [-0.39, 0.29) is 11.8 Å². The van der Waals surface area contributed by atoms with Crippen molar-refractivity contribution < 1.29 is 35.0 Å². The molecule has 0 aromatic carbocycles. The number of hydrogen-bond acceptors (Lipinski definition) is 7. The molecule has 7 heteroatoms. The van der Waals surface area contributed by atoms with Crippen molar-refractivity contribution in [2.24, 2.45) is 11.8 Å². The molecular formula is C16H28O7. The highest BCUT2D eigenvalue weighted by atomic mass is 16.7. The highest BCUT2D eigenvalue weighted by molar-refractivity contribution is 5.13. The lowest BCUT2D eigenvalue weighted by Crippen LogP contribution is -2.61. The monoisotopic (exact) mass is 332 g/mol. The van der Waals surface area contributed by atoms with Gasteiger partial charge in [0.2, 0.25) is 0 Å². The molecule has 1 saturated heterocycles. The fourth-order valence-corrected chi connectivity index (χ4v) is 3.06. The summed E-state index contributed by atoms with van der Waals surface area (Å²) in [7, 11) is 0. The zero-order chi connectivity index (χ0) is 17.4. The Bertz CT molecular complexity index is 425. The van der Waals surface area contributed by atoms with Gasteiger partial charge in [-0.05, 0) is 5.92 Å². The zero-order valence-corrected chi connectivity index (χ0v) is 13.7. The van der Waals surface area contributed by atoms with Crippen LogP contribution in [0, 0.1) is 11.8 Å². The summed E-state index contributed by atoms with van der Waals surface area (Å²) >= 11 is 0. The summed E-state index contributed by atoms with van der Waals surface area (Å²) in [6.07, 6.45) is -3.12. The third-order valence-electron chi connectivity index (χ3n) is 4.98. The summed E-state index contributed by atoms with van der Waals surface area (Å²) in [6.45, 7) is 5.25. The first-order valence-corrected chi connectivity index (χ1v) is 8.07. The Morgan fingerprint density at radius 3 is 2.35 bits per heavy atom. The van der Waals surface area contributed by atoms with Crippen LogP contribution in [0.2, 0.25) is 0 Å². The second-order valence-corrected chi connectivity index (χ2v) is 6.91. The molecule has 134 valence electrons. The van der Waals surface area contributed by atoms with E-state index in [1.165, 1.54) is 0 Å². The van der Waals surface area contributed by atoms with E-state index in [4.69, 9.17) is 9.47 Å². The highest BCUT2D eigenvalue weighted by Crippen LogP contribution is 2.38. The predicted molar refractivity (Wildman–Crippen MR) is 81.3 cm³/mol. The number of rotatable bonds is 4. The molecule has 1 aliphatic heterocycles. The van der Waals surface area contributed by atoms with E-state index in [1.54, 1.807) is 0 Å². The summed E-state index contributed by atoms with van der Waals surface area (Å²) in [5.41, 5.74) is -0.862. The standard InChI is InChI=1S/C16H28O7/c1-8(2)16(5-4-9(3)10(18)6-16)23-15-14(21)13(20)12(19)11(7-17)22-15/h4-5,8-15,17-21H,6-7H2,1-3H3/t9?,10-,11+,12+,13-,14+,15-,16-/m0/s1. The topological polar surface area (TPSA) is 120 Å². The SMILES string of the molecule is CC1C=C[C@@](O[C@@H]2O[C@H](CO)[C@@H](O)[C@H](O)[C@H]2O)(C(C)C)C[C@@H]1O. The van der Waals surface area contributed by atoms with Crippen LogP contribution in [-0.4, -0.2) is 74.6 Å². The molecule has 0 amide bonds. The van der Waals surface area contributed by atoms with Gasteiger partial charge in [-0.25, -0.2) is 0 Å². The van der Waals surface area contributed by atoms with Gasteiger partial charge in [0.15, 0.2) is 6.29 Å². The molecule has 1 unspecified atom stereocenters. The van der Waals surface area contributed by atoms with E-state index in [2.05, 4.69) is 0 Å². The minimum atomic E-state index is -1.48. The molecule has 1 aliphatic carbocycles. The van der Waals surface area contributed by atoms with Gasteiger partial charge in [0.1, 0.15) is 24.4 Å². The molecule has 2 rings (SSSR count). The molecule has 0 radical (unpaired) electrons. The maximum atomic E-state index is 10.2. The van der Waals surface area contributed by atoms with E-state index >= 15 is 0 Å². The molecule has 8 atom stereocenters. The number of aliphatic hydroxyl groups is 5. The Morgan fingerprint density at radius 2 is 1.83 bits per heavy atom. The maximum absolute atomic E-state index is 10.2. The Morgan fingerprint density at radius 1 is 1.17 bits per heavy atom. The summed E-state index contributed by atoms with van der Waals surface area (Å²) < 4.78 is 11.4. The fraction of sp³-hybridized carbons (Fsp3) is 0.875. The van der Waals surface area contributed by atoms with Gasteiger partial charge < -0.3 is 35.0 Å². The van der Waals surface area contributed by atoms with E-state index in [0.29, 0.717) is 6.42 Å². The zero-order valence-electron chi connectivity index (χ0n) is 13.7. The van der Waals surface area contributed by atoms with Gasteiger partial charge in [0.05, 0.1) is 18.3 Å². The third-order valence-corrected chi connectivity index (χ3v) is 4.98. The minimum absolute atomic E-state index is 0.000255. The van der Waals surface area contributed by atoms with Crippen LogP contribution in [0.25, 0.3) is 0 Å².